The minimum Gasteiger partial charge on any atom is -0.494 e. The van der Waals surface area contributed by atoms with Crippen molar-refractivity contribution in [2.45, 2.75) is 69.2 Å². The van der Waals surface area contributed by atoms with Crippen LogP contribution in [0, 0.1) is 10.8 Å². The molecule has 2 fully saturated rings. The Kier molecular flexibility index (Phi) is 25.7. The molecule has 23 heteroatoms. The maximum Gasteiger partial charge on any atom is 0.394 e. The van der Waals surface area contributed by atoms with Crippen LogP contribution in [0.3, 0.4) is 0 Å². The van der Waals surface area contributed by atoms with Gasteiger partial charge in [-0.05, 0) is 112 Å². The lowest BCUT2D eigenvalue weighted by Crippen LogP contribution is -2.43. The number of rotatable bonds is 18. The monoisotopic (exact) mass is 997 g/mol. The van der Waals surface area contributed by atoms with E-state index in [1.54, 1.807) is 24.3 Å². The van der Waals surface area contributed by atoms with Crippen molar-refractivity contribution in [3.63, 3.8) is 0 Å². The first-order valence-corrected chi connectivity index (χ1v) is 25.5. The molecule has 2 heterocycles. The van der Waals surface area contributed by atoms with Gasteiger partial charge in [-0.15, -0.1) is 0 Å². The van der Waals surface area contributed by atoms with E-state index in [-0.39, 0.29) is 17.8 Å². The van der Waals surface area contributed by atoms with Crippen LogP contribution in [0.4, 0.5) is 0 Å². The smallest absolute Gasteiger partial charge is 0.394 e. The normalized spacial score (nSPS) is 16.6. The third-order valence-corrected chi connectivity index (χ3v) is 11.3. The number of ether oxygens (including phenoxy) is 3. The Balaban J connectivity index is 0.000000334. The highest BCUT2D eigenvalue weighted by atomic mass is 32.3. The number of nitrogens with one attached hydrogen (secondary N) is 2. The van der Waals surface area contributed by atoms with Crippen LogP contribution in [0.15, 0.2) is 109 Å². The van der Waals surface area contributed by atoms with Crippen LogP contribution < -0.4 is 20.9 Å². The van der Waals surface area contributed by atoms with Gasteiger partial charge in [-0.25, -0.2) is 0 Å². The topological polar surface area (TPSA) is 354 Å². The summed E-state index contributed by atoms with van der Waals surface area (Å²) in [7, 11) is -10.2. The van der Waals surface area contributed by atoms with Gasteiger partial charge in [-0.1, -0.05) is 60.7 Å². The van der Waals surface area contributed by atoms with Crippen molar-refractivity contribution >= 4 is 42.3 Å². The lowest BCUT2D eigenvalue weighted by atomic mass is 9.97. The first-order chi connectivity index (χ1) is 31.5. The van der Waals surface area contributed by atoms with E-state index >= 15 is 0 Å². The highest BCUT2D eigenvalue weighted by Crippen LogP contribution is 2.38. The molecule has 20 nitrogen and oxygen atoms in total. The average molecular weight is 998 g/mol. The highest BCUT2D eigenvalue weighted by molar-refractivity contribution is 7.86. The van der Waals surface area contributed by atoms with Gasteiger partial charge in [0.05, 0.1) is 44.0 Å². The van der Waals surface area contributed by atoms with E-state index in [9.17, 15) is 16.8 Å². The number of piperidine rings is 1. The number of aliphatic hydroxyl groups excluding tert-OH is 2. The SMILES string of the molecule is CN1C2CCC1CC(OC(c1ccccc1)c1ccccc1)C2.N=C(N)c1ccc(OCCCCCOc2ccc(C(=N)N)cc2)cc1.O=S(=O)(O)CCO.O=S(=O)(O)CCO.O=S(=O)(O)O. The van der Waals surface area contributed by atoms with Gasteiger partial charge < -0.3 is 40.8 Å². The second-order valence-electron chi connectivity index (χ2n) is 15.1. The van der Waals surface area contributed by atoms with E-state index in [0.717, 1.165) is 30.8 Å². The predicted octanol–water partition coefficient (Wildman–Crippen LogP) is 4.38. The summed E-state index contributed by atoms with van der Waals surface area (Å²) >= 11 is 0. The van der Waals surface area contributed by atoms with Crippen molar-refractivity contribution in [3.05, 3.63) is 131 Å². The zero-order chi connectivity index (χ0) is 50.0. The molecule has 0 spiro atoms. The molecule has 0 aliphatic carbocycles. The van der Waals surface area contributed by atoms with E-state index in [1.165, 1.54) is 36.8 Å². The Morgan fingerprint density at radius 2 is 0.955 bits per heavy atom. The fraction of sp³-hybridized carbons (Fsp3) is 0.409. The summed E-state index contributed by atoms with van der Waals surface area (Å²) in [6.45, 7) is 0.233. The molecule has 2 saturated heterocycles. The summed E-state index contributed by atoms with van der Waals surface area (Å²) < 4.78 is 104. The van der Waals surface area contributed by atoms with E-state index in [1.807, 2.05) is 24.3 Å². The number of fused-ring (bicyclic) bond motifs is 2. The minimum atomic E-state index is -4.67. The van der Waals surface area contributed by atoms with Gasteiger partial charge >= 0.3 is 10.4 Å². The molecule has 0 amide bonds. The number of amidine groups is 2. The Morgan fingerprint density at radius 3 is 1.24 bits per heavy atom. The Labute approximate surface area is 393 Å². The van der Waals surface area contributed by atoms with Crippen LogP contribution in [0.25, 0.3) is 0 Å². The average Bonchev–Trinajstić information content (AvgIpc) is 3.44. The van der Waals surface area contributed by atoms with E-state index in [4.69, 9.17) is 73.3 Å². The molecule has 12 N–H and O–H groups in total. The maximum absolute atomic E-state index is 9.63. The number of aliphatic hydroxyl groups is 2. The van der Waals surface area contributed by atoms with Crippen molar-refractivity contribution in [1.29, 1.82) is 10.8 Å². The van der Waals surface area contributed by atoms with Crippen molar-refractivity contribution in [2.24, 2.45) is 11.5 Å². The number of nitrogen functional groups attached to an aromatic ring is 2. The van der Waals surface area contributed by atoms with Gasteiger partial charge in [0.15, 0.2) is 0 Å². The molecule has 0 aromatic heterocycles. The number of nitrogens with zero attached hydrogens (tertiary/aromatic N) is 1. The van der Waals surface area contributed by atoms with Crippen LogP contribution in [-0.2, 0) is 35.4 Å². The Bertz CT molecular complexity index is 2230. The summed E-state index contributed by atoms with van der Waals surface area (Å²) in [5, 5.41) is 30.4. The summed E-state index contributed by atoms with van der Waals surface area (Å²) in [5.41, 5.74) is 14.7. The number of unbranched alkanes of at least 4 members (excludes halogenated alkanes) is 2. The molecule has 2 aliphatic heterocycles. The summed E-state index contributed by atoms with van der Waals surface area (Å²) in [6.07, 6.45) is 8.33. The molecule has 67 heavy (non-hydrogen) atoms. The quantitative estimate of drug-likeness (QED) is 0.0286. The Morgan fingerprint density at radius 1 is 0.612 bits per heavy atom. The predicted molar refractivity (Wildman–Crippen MR) is 254 cm³/mol. The first-order valence-electron chi connectivity index (χ1n) is 20.9. The van der Waals surface area contributed by atoms with Crippen LogP contribution in [0.1, 0.15) is 73.3 Å². The zero-order valence-corrected chi connectivity index (χ0v) is 39.5. The number of nitrogens with two attached hydrogens (primary N) is 2. The molecule has 0 radical (unpaired) electrons. The third kappa shape index (κ3) is 26.2. The largest absolute Gasteiger partial charge is 0.494 e. The molecule has 6 rings (SSSR count). The highest BCUT2D eigenvalue weighted by Gasteiger charge is 2.39. The molecule has 2 atom stereocenters. The van der Waals surface area contributed by atoms with Gasteiger partial charge in [-0.2, -0.15) is 25.3 Å². The molecule has 4 aromatic carbocycles. The number of hydrogen-bond donors (Lipinski definition) is 10. The summed E-state index contributed by atoms with van der Waals surface area (Å²) in [6, 6.07) is 37.1. The third-order valence-electron chi connectivity index (χ3n) is 9.94. The maximum atomic E-state index is 9.63. The summed E-state index contributed by atoms with van der Waals surface area (Å²) in [5.74, 6) is 0.531. The second kappa shape index (κ2) is 29.7. The molecule has 2 aliphatic rings. The molecule has 2 unspecified atom stereocenters. The zero-order valence-electron chi connectivity index (χ0n) is 37.1. The molecule has 0 saturated carbocycles. The lowest BCUT2D eigenvalue weighted by molar-refractivity contribution is -0.0426. The Hall–Kier alpha value is -5.05. The van der Waals surface area contributed by atoms with Gasteiger partial charge in [-0.3, -0.25) is 29.0 Å². The van der Waals surface area contributed by atoms with E-state index in [0.29, 0.717) is 42.5 Å². The van der Waals surface area contributed by atoms with Crippen LogP contribution >= 0.6 is 0 Å². The van der Waals surface area contributed by atoms with Gasteiger partial charge in [0, 0.05) is 23.2 Å². The van der Waals surface area contributed by atoms with Crippen molar-refractivity contribution < 1.29 is 67.9 Å². The molecule has 2 bridgehead atoms. The minimum absolute atomic E-state index is 0.0465. The van der Waals surface area contributed by atoms with Gasteiger partial charge in [0.25, 0.3) is 20.2 Å². The lowest BCUT2D eigenvalue weighted by Gasteiger charge is -2.38. The molecule has 372 valence electrons. The van der Waals surface area contributed by atoms with E-state index in [2.05, 4.69) is 72.6 Å². The van der Waals surface area contributed by atoms with Crippen molar-refractivity contribution in [1.82, 2.24) is 4.90 Å². The molecular formula is C44H63N5O15S3. The van der Waals surface area contributed by atoms with Crippen LogP contribution in [-0.4, -0.2) is 133 Å². The van der Waals surface area contributed by atoms with Crippen molar-refractivity contribution in [3.8, 4) is 11.5 Å². The summed E-state index contributed by atoms with van der Waals surface area (Å²) in [4.78, 5) is 2.57. The first kappa shape index (κ1) is 58.1. The second-order valence-corrected chi connectivity index (χ2v) is 19.1. The fourth-order valence-electron chi connectivity index (χ4n) is 6.72. The van der Waals surface area contributed by atoms with Crippen molar-refractivity contribution in [2.75, 3.05) is 45.0 Å². The number of hydrogen-bond acceptors (Lipinski definition) is 14. The van der Waals surface area contributed by atoms with Gasteiger partial charge in [0.2, 0.25) is 0 Å². The number of benzene rings is 4. The molecule has 4 aromatic rings. The fourth-order valence-corrected chi connectivity index (χ4v) is 7.18. The van der Waals surface area contributed by atoms with Gasteiger partial charge in [0.1, 0.15) is 29.3 Å². The molecular weight excluding hydrogens is 935 g/mol. The van der Waals surface area contributed by atoms with Crippen LogP contribution in [0.5, 0.6) is 11.5 Å². The van der Waals surface area contributed by atoms with E-state index < -0.39 is 55.4 Å². The standard InChI is InChI=1S/C21H25NO.C19H24N4O2.2C2H6O4S.H2O4S/c1-22-18-12-13-19(22)15-20(14-18)23-21(16-8-4-2-5-9-16)17-10-6-3-7-11-17;20-18(21)14-4-8-16(9-5-14)24-12-2-1-3-13-25-17-10-6-15(7-11-17)19(22)23;2*3-1-2-7(4,5)6;1-5(2,3)4/h2-11,18-21H,12-15H2,1H3;4-11H,1-3,12-13H2,(H3,20,21)(H3,22,23);2*3H,1-2H2,(H,4,5,6);(H2,1,2,3,4). The van der Waals surface area contributed by atoms with Crippen LogP contribution in [0.2, 0.25) is 0 Å².